The molecular weight excluding hydrogens is 504 g/mol. The van der Waals surface area contributed by atoms with E-state index in [0.717, 1.165) is 5.57 Å². The average molecular weight is 531 g/mol. The minimum absolute atomic E-state index is 0.997. The van der Waals surface area contributed by atoms with Crippen molar-refractivity contribution in [1.82, 2.24) is 0 Å². The smallest absolute Gasteiger partial charge is 0.000741 e. The van der Waals surface area contributed by atoms with Crippen molar-refractivity contribution >= 4 is 81.0 Å². The van der Waals surface area contributed by atoms with Crippen LogP contribution in [-0.2, 0) is 0 Å². The normalized spacial score (nSPS) is 12.4. The van der Waals surface area contributed by atoms with Gasteiger partial charge in [0.15, 0.2) is 0 Å². The lowest BCUT2D eigenvalue weighted by Crippen LogP contribution is -1.92. The third-order valence-corrected chi connectivity index (χ3v) is 9.20. The van der Waals surface area contributed by atoms with E-state index in [1.807, 2.05) is 12.2 Å². The average Bonchev–Trinajstić information content (AvgIpc) is 3.54. The number of hydrogen-bond acceptors (Lipinski definition) is 0. The van der Waals surface area contributed by atoms with E-state index in [9.17, 15) is 0 Å². The fourth-order valence-corrected chi connectivity index (χ4v) is 7.64. The Morgan fingerprint density at radius 3 is 1.81 bits per heavy atom. The van der Waals surface area contributed by atoms with Crippen molar-refractivity contribution in [3.05, 3.63) is 152 Å². The number of allylic oxidation sites excluding steroid dienone is 4. The van der Waals surface area contributed by atoms with Crippen molar-refractivity contribution in [2.45, 2.75) is 0 Å². The summed E-state index contributed by atoms with van der Waals surface area (Å²) in [5, 5.41) is 18.2. The summed E-state index contributed by atoms with van der Waals surface area (Å²) in [6.45, 7) is 8.65. The van der Waals surface area contributed by atoms with E-state index < -0.39 is 0 Å². The number of fused-ring (bicyclic) bond motifs is 8. The molecule has 0 heterocycles. The Balaban J connectivity index is 1.68. The van der Waals surface area contributed by atoms with Gasteiger partial charge in [-0.25, -0.2) is 0 Å². The van der Waals surface area contributed by atoms with E-state index in [0.29, 0.717) is 0 Å². The van der Waals surface area contributed by atoms with E-state index in [1.165, 1.54) is 92.1 Å². The summed E-state index contributed by atoms with van der Waals surface area (Å²) in [4.78, 5) is 0. The highest BCUT2D eigenvalue weighted by molar-refractivity contribution is 6.43. The molecular formula is C42H26. The van der Waals surface area contributed by atoms with Crippen LogP contribution in [0, 0.1) is 0 Å². The zero-order valence-electron chi connectivity index (χ0n) is 23.1. The van der Waals surface area contributed by atoms with E-state index >= 15 is 0 Å². The van der Waals surface area contributed by atoms with Crippen LogP contribution < -0.4 is 0 Å². The molecule has 9 aromatic rings. The first kappa shape index (κ1) is 23.3. The molecule has 0 heteroatoms. The second-order valence-corrected chi connectivity index (χ2v) is 11.3. The van der Waals surface area contributed by atoms with Gasteiger partial charge in [0.25, 0.3) is 0 Å². The molecule has 0 bridgehead atoms. The van der Waals surface area contributed by atoms with Crippen LogP contribution in [0.5, 0.6) is 0 Å². The maximum atomic E-state index is 4.69. The minimum atomic E-state index is 0.997. The largest absolute Gasteiger partial charge is 0.0991 e. The zero-order chi connectivity index (χ0) is 27.9. The maximum absolute atomic E-state index is 4.69. The van der Waals surface area contributed by atoms with E-state index in [1.54, 1.807) is 0 Å². The molecule has 9 aromatic carbocycles. The Morgan fingerprint density at radius 2 is 1.07 bits per heavy atom. The van der Waals surface area contributed by atoms with E-state index in [-0.39, 0.29) is 0 Å². The molecule has 0 aliphatic carbocycles. The highest BCUT2D eigenvalue weighted by Crippen LogP contribution is 2.53. The van der Waals surface area contributed by atoms with Gasteiger partial charge in [-0.1, -0.05) is 141 Å². The summed E-state index contributed by atoms with van der Waals surface area (Å²) in [6, 6.07) is 42.5. The maximum Gasteiger partial charge on any atom is -0.000741 e. The van der Waals surface area contributed by atoms with Gasteiger partial charge in [0.2, 0.25) is 0 Å². The SMILES string of the molecule is C=C/C=C\C(=C)c1c2c(cc3c4ccccc4c4cccc2c43)c(-c2ccccc2)c2c3cccc4cccc(c12)c43. The Morgan fingerprint density at radius 1 is 0.476 bits per heavy atom. The van der Waals surface area contributed by atoms with Crippen LogP contribution in [0.4, 0.5) is 0 Å². The first-order valence-electron chi connectivity index (χ1n) is 14.5. The molecule has 0 saturated heterocycles. The van der Waals surface area contributed by atoms with Gasteiger partial charge in [0, 0.05) is 0 Å². The quantitative estimate of drug-likeness (QED) is 0.157. The molecule has 194 valence electrons. The zero-order valence-corrected chi connectivity index (χ0v) is 23.1. The third kappa shape index (κ3) is 2.91. The van der Waals surface area contributed by atoms with Crippen LogP contribution in [0.25, 0.3) is 92.1 Å². The van der Waals surface area contributed by atoms with Crippen LogP contribution in [0.15, 0.2) is 147 Å². The number of benzene rings is 7. The lowest BCUT2D eigenvalue weighted by atomic mass is 9.84. The predicted molar refractivity (Wildman–Crippen MR) is 185 cm³/mol. The summed E-state index contributed by atoms with van der Waals surface area (Å²) in [5.74, 6) is 0. The fourth-order valence-electron chi connectivity index (χ4n) is 7.64. The summed E-state index contributed by atoms with van der Waals surface area (Å²) in [6.07, 6.45) is 5.95. The second-order valence-electron chi connectivity index (χ2n) is 11.3. The van der Waals surface area contributed by atoms with Gasteiger partial charge < -0.3 is 0 Å². The molecule has 9 rings (SSSR count). The lowest BCUT2D eigenvalue weighted by molar-refractivity contribution is 1.69. The summed E-state index contributed by atoms with van der Waals surface area (Å²) in [5.41, 5.74) is 4.73. The Hall–Kier alpha value is -5.46. The Bertz CT molecular complexity index is 2570. The molecule has 0 unspecified atom stereocenters. The van der Waals surface area contributed by atoms with Gasteiger partial charge in [-0.15, -0.1) is 0 Å². The molecule has 42 heavy (non-hydrogen) atoms. The fraction of sp³-hybridized carbons (Fsp3) is 0. The molecule has 0 radical (unpaired) electrons. The van der Waals surface area contributed by atoms with Crippen molar-refractivity contribution in [1.29, 1.82) is 0 Å². The van der Waals surface area contributed by atoms with Crippen molar-refractivity contribution in [2.75, 3.05) is 0 Å². The first-order valence-corrected chi connectivity index (χ1v) is 14.5. The number of rotatable bonds is 4. The minimum Gasteiger partial charge on any atom is -0.0991 e. The molecule has 0 atom stereocenters. The molecule has 0 fully saturated rings. The Labute approximate surface area is 243 Å². The first-order chi connectivity index (χ1) is 20.8. The van der Waals surface area contributed by atoms with Gasteiger partial charge in [0.1, 0.15) is 0 Å². The van der Waals surface area contributed by atoms with Gasteiger partial charge in [-0.3, -0.25) is 0 Å². The topological polar surface area (TPSA) is 0 Å². The van der Waals surface area contributed by atoms with Crippen molar-refractivity contribution < 1.29 is 0 Å². The molecule has 0 N–H and O–H groups in total. The molecule has 0 aliphatic rings. The van der Waals surface area contributed by atoms with Crippen LogP contribution >= 0.6 is 0 Å². The van der Waals surface area contributed by atoms with Gasteiger partial charge >= 0.3 is 0 Å². The molecule has 0 saturated carbocycles. The van der Waals surface area contributed by atoms with Crippen molar-refractivity contribution in [2.24, 2.45) is 0 Å². The van der Waals surface area contributed by atoms with Crippen LogP contribution in [0.2, 0.25) is 0 Å². The van der Waals surface area contributed by atoms with Crippen molar-refractivity contribution in [3.8, 4) is 11.1 Å². The Kier molecular flexibility index (Phi) is 4.72. The van der Waals surface area contributed by atoms with Gasteiger partial charge in [0.05, 0.1) is 0 Å². The summed E-state index contributed by atoms with van der Waals surface area (Å²) >= 11 is 0. The molecule has 0 spiro atoms. The highest BCUT2D eigenvalue weighted by Gasteiger charge is 2.25. The number of hydrogen-bond donors (Lipinski definition) is 0. The van der Waals surface area contributed by atoms with Crippen LogP contribution in [0.3, 0.4) is 0 Å². The van der Waals surface area contributed by atoms with Crippen LogP contribution in [0.1, 0.15) is 5.56 Å². The van der Waals surface area contributed by atoms with E-state index in [2.05, 4.69) is 128 Å². The predicted octanol–water partition coefficient (Wildman–Crippen LogP) is 12.1. The highest BCUT2D eigenvalue weighted by atomic mass is 14.3. The standard InChI is InChI=1S/C42H26/c1-3-4-13-25(2)36-40-33-23-12-20-30-28-18-8-9-19-29(28)34(39(30)33)24-35(40)38(27-14-6-5-7-15-27)42-32-22-11-17-26-16-10-21-31(37(26)32)41(36)42/h3-24H,1-2H2/b13-4-. The lowest BCUT2D eigenvalue weighted by Gasteiger charge is -2.19. The van der Waals surface area contributed by atoms with Gasteiger partial charge in [-0.05, 0) is 104 Å². The summed E-state index contributed by atoms with van der Waals surface area (Å²) in [7, 11) is 0. The second kappa shape index (κ2) is 8.52. The van der Waals surface area contributed by atoms with Gasteiger partial charge in [-0.2, -0.15) is 0 Å². The summed E-state index contributed by atoms with van der Waals surface area (Å²) < 4.78 is 0. The molecule has 0 amide bonds. The monoisotopic (exact) mass is 530 g/mol. The van der Waals surface area contributed by atoms with Crippen LogP contribution in [-0.4, -0.2) is 0 Å². The van der Waals surface area contributed by atoms with Crippen molar-refractivity contribution in [3.63, 3.8) is 0 Å². The van der Waals surface area contributed by atoms with E-state index in [4.69, 9.17) is 6.58 Å². The third-order valence-electron chi connectivity index (χ3n) is 9.20. The molecule has 0 aliphatic heterocycles. The molecule has 0 aromatic heterocycles. The molecule has 0 nitrogen and oxygen atoms in total.